The van der Waals surface area contributed by atoms with Gasteiger partial charge in [0.2, 0.25) is 21.7 Å². The largest absolute Gasteiger partial charge is 0.501 e. The molecule has 1 aliphatic rings. The molecule has 0 fully saturated rings. The number of Topliss-reactive ketones (excluding diaryl/α,β-unsaturated/α-hetero) is 1. The molecule has 1 atom stereocenters. The van der Waals surface area contributed by atoms with E-state index in [0.717, 1.165) is 10.8 Å². The second kappa shape index (κ2) is 5.52. The lowest BCUT2D eigenvalue weighted by molar-refractivity contribution is -0.131. The average Bonchev–Trinajstić information content (AvgIpc) is 2.79. The molecular weight excluding hydrogens is 330 g/mol. The van der Waals surface area contributed by atoms with Crippen LogP contribution in [0.2, 0.25) is 0 Å². The van der Waals surface area contributed by atoms with Crippen molar-refractivity contribution >= 4 is 26.6 Å². The molecule has 0 bridgehead atoms. The van der Waals surface area contributed by atoms with E-state index in [0.29, 0.717) is 5.56 Å². The first kappa shape index (κ1) is 16.3. The molecule has 0 aliphatic carbocycles. The number of aliphatic hydroxyl groups is 1. The Kier molecular flexibility index (Phi) is 3.76. The molecule has 1 unspecified atom stereocenters. The topological polar surface area (TPSA) is 92.7 Å². The Morgan fingerprint density at radius 3 is 2.50 bits per heavy atom. The maximum Gasteiger partial charge on any atom is 0.250 e. The monoisotopic (exact) mass is 347 g/mol. The van der Waals surface area contributed by atoms with E-state index in [1.54, 1.807) is 12.1 Å². The van der Waals surface area contributed by atoms with E-state index in [-0.39, 0.29) is 5.75 Å². The summed E-state index contributed by atoms with van der Waals surface area (Å²) in [6.07, 6.45) is 0. The van der Waals surface area contributed by atoms with Gasteiger partial charge in [-0.1, -0.05) is 36.4 Å². The van der Waals surface area contributed by atoms with Crippen molar-refractivity contribution in [2.75, 3.05) is 5.75 Å². The Labute approximate surface area is 139 Å². The van der Waals surface area contributed by atoms with Crippen LogP contribution in [0.4, 0.5) is 0 Å². The maximum atomic E-state index is 12.5. The SMILES string of the molecule is CCS(=O)(=O)NC1=C(O)C(=O)C(C)(c2ccc3ccccc3c2)O1. The van der Waals surface area contributed by atoms with Crippen LogP contribution in [0.15, 0.2) is 54.1 Å². The molecule has 0 saturated carbocycles. The van der Waals surface area contributed by atoms with Crippen molar-refractivity contribution in [1.29, 1.82) is 0 Å². The third-order valence-corrected chi connectivity index (χ3v) is 5.35. The van der Waals surface area contributed by atoms with Gasteiger partial charge in [0.05, 0.1) is 5.75 Å². The van der Waals surface area contributed by atoms with E-state index < -0.39 is 33.0 Å². The lowest BCUT2D eigenvalue weighted by Crippen LogP contribution is -2.32. The van der Waals surface area contributed by atoms with Crippen LogP contribution in [0.25, 0.3) is 10.8 Å². The minimum atomic E-state index is -3.67. The van der Waals surface area contributed by atoms with Gasteiger partial charge < -0.3 is 9.84 Å². The van der Waals surface area contributed by atoms with Crippen LogP contribution < -0.4 is 4.72 Å². The van der Waals surface area contributed by atoms with Gasteiger partial charge in [-0.3, -0.25) is 9.52 Å². The highest BCUT2D eigenvalue weighted by Gasteiger charge is 2.48. The van der Waals surface area contributed by atoms with Crippen molar-refractivity contribution < 1.29 is 23.1 Å². The van der Waals surface area contributed by atoms with Gasteiger partial charge >= 0.3 is 0 Å². The van der Waals surface area contributed by atoms with Gasteiger partial charge in [-0.2, -0.15) is 0 Å². The van der Waals surface area contributed by atoms with Crippen molar-refractivity contribution in [3.8, 4) is 0 Å². The Hall–Kier alpha value is -2.54. The number of carbonyl (C=O) groups is 1. The zero-order chi connectivity index (χ0) is 17.5. The van der Waals surface area contributed by atoms with Gasteiger partial charge in [-0.15, -0.1) is 0 Å². The first-order chi connectivity index (χ1) is 11.3. The molecule has 0 amide bonds. The van der Waals surface area contributed by atoms with Crippen LogP contribution in [0.3, 0.4) is 0 Å². The van der Waals surface area contributed by atoms with Crippen LogP contribution in [0.1, 0.15) is 19.4 Å². The van der Waals surface area contributed by atoms with E-state index >= 15 is 0 Å². The number of fused-ring (bicyclic) bond motifs is 1. The zero-order valence-electron chi connectivity index (χ0n) is 13.2. The molecule has 3 rings (SSSR count). The first-order valence-corrected chi connectivity index (χ1v) is 9.09. The van der Waals surface area contributed by atoms with E-state index in [2.05, 4.69) is 4.72 Å². The number of rotatable bonds is 4. The summed E-state index contributed by atoms with van der Waals surface area (Å²) >= 11 is 0. The second-order valence-electron chi connectivity index (χ2n) is 5.71. The molecule has 1 heterocycles. The summed E-state index contributed by atoms with van der Waals surface area (Å²) in [7, 11) is -3.67. The van der Waals surface area contributed by atoms with E-state index in [1.165, 1.54) is 13.8 Å². The molecule has 2 aromatic rings. The molecule has 0 aromatic heterocycles. The van der Waals surface area contributed by atoms with Crippen molar-refractivity contribution in [3.63, 3.8) is 0 Å². The predicted molar refractivity (Wildman–Crippen MR) is 89.6 cm³/mol. The summed E-state index contributed by atoms with van der Waals surface area (Å²) in [5.41, 5.74) is -0.955. The Bertz CT molecular complexity index is 964. The number of hydrogen-bond donors (Lipinski definition) is 2. The molecule has 0 spiro atoms. The molecule has 7 heteroatoms. The maximum absolute atomic E-state index is 12.5. The van der Waals surface area contributed by atoms with Gasteiger partial charge in [-0.05, 0) is 30.7 Å². The number of benzene rings is 2. The number of ketones is 1. The minimum absolute atomic E-state index is 0.200. The lowest BCUT2D eigenvalue weighted by Gasteiger charge is -2.24. The standard InChI is InChI=1S/C17H17NO5S/c1-3-24(21,22)18-16-14(19)15(20)17(2,23-16)13-9-8-11-6-4-5-7-12(11)10-13/h4-10,18-19H,3H2,1-2H3. The number of sulfonamides is 1. The summed E-state index contributed by atoms with van der Waals surface area (Å²) in [5, 5.41) is 11.9. The summed E-state index contributed by atoms with van der Waals surface area (Å²) in [6.45, 7) is 2.95. The smallest absolute Gasteiger partial charge is 0.250 e. The number of ether oxygens (including phenoxy) is 1. The number of hydrogen-bond acceptors (Lipinski definition) is 5. The predicted octanol–water partition coefficient (Wildman–Crippen LogP) is 2.32. The normalized spacial score (nSPS) is 21.2. The van der Waals surface area contributed by atoms with Gasteiger partial charge in [0.1, 0.15) is 0 Å². The highest BCUT2D eigenvalue weighted by Crippen LogP contribution is 2.38. The summed E-state index contributed by atoms with van der Waals surface area (Å²) in [5.74, 6) is -2.04. The Balaban J connectivity index is 2.00. The average molecular weight is 347 g/mol. The highest BCUT2D eigenvalue weighted by atomic mass is 32.2. The van der Waals surface area contributed by atoms with Crippen LogP contribution in [0, 0.1) is 0 Å². The third-order valence-electron chi connectivity index (χ3n) is 4.10. The molecule has 126 valence electrons. The lowest BCUT2D eigenvalue weighted by atomic mass is 9.90. The molecule has 24 heavy (non-hydrogen) atoms. The fourth-order valence-electron chi connectivity index (χ4n) is 2.59. The Morgan fingerprint density at radius 1 is 1.17 bits per heavy atom. The van der Waals surface area contributed by atoms with Crippen LogP contribution in [-0.4, -0.2) is 25.1 Å². The summed E-state index contributed by atoms with van der Waals surface area (Å²) < 4.78 is 31.0. The molecule has 0 radical (unpaired) electrons. The zero-order valence-corrected chi connectivity index (χ0v) is 14.1. The molecular formula is C17H17NO5S. The molecule has 1 aliphatic heterocycles. The number of carbonyl (C=O) groups excluding carboxylic acids is 1. The second-order valence-corrected chi connectivity index (χ2v) is 7.72. The fraction of sp³-hybridized carbons (Fsp3) is 0.235. The van der Waals surface area contributed by atoms with Crippen LogP contribution >= 0.6 is 0 Å². The quantitative estimate of drug-likeness (QED) is 0.885. The van der Waals surface area contributed by atoms with Crippen LogP contribution in [-0.2, 0) is 25.2 Å². The molecule has 2 N–H and O–H groups in total. The van der Waals surface area contributed by atoms with Crippen molar-refractivity contribution in [2.24, 2.45) is 0 Å². The molecule has 6 nitrogen and oxygen atoms in total. The summed E-state index contributed by atoms with van der Waals surface area (Å²) in [6, 6.07) is 13.0. The van der Waals surface area contributed by atoms with Crippen LogP contribution in [0.5, 0.6) is 0 Å². The molecule has 2 aromatic carbocycles. The molecule has 0 saturated heterocycles. The first-order valence-electron chi connectivity index (χ1n) is 7.43. The van der Waals surface area contributed by atoms with Gasteiger partial charge in [-0.25, -0.2) is 8.42 Å². The number of nitrogens with one attached hydrogen (secondary N) is 1. The third kappa shape index (κ3) is 2.60. The summed E-state index contributed by atoms with van der Waals surface area (Å²) in [4.78, 5) is 12.5. The van der Waals surface area contributed by atoms with Crippen molar-refractivity contribution in [3.05, 3.63) is 59.7 Å². The van der Waals surface area contributed by atoms with Gasteiger partial charge in [0.25, 0.3) is 5.78 Å². The van der Waals surface area contributed by atoms with E-state index in [9.17, 15) is 18.3 Å². The van der Waals surface area contributed by atoms with Crippen molar-refractivity contribution in [1.82, 2.24) is 4.72 Å². The van der Waals surface area contributed by atoms with Crippen molar-refractivity contribution in [2.45, 2.75) is 19.4 Å². The Morgan fingerprint density at radius 2 is 1.83 bits per heavy atom. The minimum Gasteiger partial charge on any atom is -0.501 e. The van der Waals surface area contributed by atoms with Gasteiger partial charge in [0, 0.05) is 5.56 Å². The van der Waals surface area contributed by atoms with Gasteiger partial charge in [0.15, 0.2) is 5.60 Å². The van der Waals surface area contributed by atoms with E-state index in [4.69, 9.17) is 4.74 Å². The number of aliphatic hydroxyl groups excluding tert-OH is 1. The highest BCUT2D eigenvalue weighted by molar-refractivity contribution is 7.89. The van der Waals surface area contributed by atoms with E-state index in [1.807, 2.05) is 30.3 Å². The fourth-order valence-corrected chi connectivity index (χ4v) is 3.15.